The maximum atomic E-state index is 13.1. The van der Waals surface area contributed by atoms with E-state index in [1.54, 1.807) is 0 Å². The molecule has 0 spiro atoms. The third-order valence-electron chi connectivity index (χ3n) is 5.62. The maximum Gasteiger partial charge on any atom is 0.340 e. The SMILES string of the molecule is CCOC(=O)c1c2n(c3cccc(OCc4ccccc4)c13)C[C@H]1OC(C)(C)O[C@@H]21. The lowest BCUT2D eigenvalue weighted by Gasteiger charge is -2.19. The van der Waals surface area contributed by atoms with Crippen LogP contribution < -0.4 is 4.74 Å². The average molecular weight is 407 g/mol. The molecule has 2 atom stereocenters. The molecule has 0 radical (unpaired) electrons. The van der Waals surface area contributed by atoms with Crippen LogP contribution in [0, 0.1) is 0 Å². The highest BCUT2D eigenvalue weighted by molar-refractivity contribution is 6.09. The standard InChI is InChI=1S/C24H25NO5/c1-4-27-23(26)20-19-16(25-13-18-22(21(20)25)30-24(2,3)29-18)11-8-12-17(19)28-14-15-9-6-5-7-10-15/h5-12,18,22H,4,13-14H2,1-3H3/t18-,22-/m1/s1. The Kier molecular flexibility index (Phi) is 4.56. The lowest BCUT2D eigenvalue weighted by atomic mass is 10.0. The van der Waals surface area contributed by atoms with Crippen molar-refractivity contribution in [1.82, 2.24) is 4.57 Å². The summed E-state index contributed by atoms with van der Waals surface area (Å²) >= 11 is 0. The molecule has 3 heterocycles. The number of fused-ring (bicyclic) bond motifs is 5. The summed E-state index contributed by atoms with van der Waals surface area (Å²) in [5.74, 6) is -0.382. The number of hydrogen-bond acceptors (Lipinski definition) is 5. The van der Waals surface area contributed by atoms with Crippen LogP contribution in [0.1, 0.15) is 48.5 Å². The van der Waals surface area contributed by atoms with Crippen LogP contribution in [0.4, 0.5) is 0 Å². The van der Waals surface area contributed by atoms with E-state index in [2.05, 4.69) is 4.57 Å². The number of ether oxygens (including phenoxy) is 4. The zero-order chi connectivity index (χ0) is 20.9. The molecule has 0 amide bonds. The molecule has 5 rings (SSSR count). The number of aromatic nitrogens is 1. The van der Waals surface area contributed by atoms with Crippen LogP contribution in [-0.2, 0) is 27.4 Å². The number of benzene rings is 2. The lowest BCUT2D eigenvalue weighted by molar-refractivity contribution is -0.151. The fraction of sp³-hybridized carbons (Fsp3) is 0.375. The number of hydrogen-bond donors (Lipinski definition) is 0. The number of carbonyl (C=O) groups excluding carboxylic acids is 1. The molecule has 3 aromatic rings. The molecule has 6 heteroatoms. The number of esters is 1. The first kappa shape index (κ1) is 19.2. The van der Waals surface area contributed by atoms with Gasteiger partial charge in [-0.2, -0.15) is 0 Å². The molecule has 1 saturated heterocycles. The minimum absolute atomic E-state index is 0.124. The number of carbonyl (C=O) groups is 1. The molecule has 156 valence electrons. The van der Waals surface area contributed by atoms with Crippen molar-refractivity contribution < 1.29 is 23.7 Å². The molecular formula is C24H25NO5. The van der Waals surface area contributed by atoms with Gasteiger partial charge in [0.2, 0.25) is 0 Å². The van der Waals surface area contributed by atoms with Crippen LogP contribution in [0.2, 0.25) is 0 Å². The minimum Gasteiger partial charge on any atom is -0.488 e. The topological polar surface area (TPSA) is 58.9 Å². The van der Waals surface area contributed by atoms with Crippen molar-refractivity contribution in [1.29, 1.82) is 0 Å². The van der Waals surface area contributed by atoms with Gasteiger partial charge in [-0.15, -0.1) is 0 Å². The first-order valence-corrected chi connectivity index (χ1v) is 10.3. The van der Waals surface area contributed by atoms with Gasteiger partial charge in [0, 0.05) is 0 Å². The highest BCUT2D eigenvalue weighted by Gasteiger charge is 2.50. The summed E-state index contributed by atoms with van der Waals surface area (Å²) in [7, 11) is 0. The molecule has 6 nitrogen and oxygen atoms in total. The monoisotopic (exact) mass is 407 g/mol. The second kappa shape index (κ2) is 7.15. The van der Waals surface area contributed by atoms with Gasteiger partial charge in [-0.1, -0.05) is 36.4 Å². The summed E-state index contributed by atoms with van der Waals surface area (Å²) in [6.45, 7) is 6.95. The zero-order valence-electron chi connectivity index (χ0n) is 17.4. The van der Waals surface area contributed by atoms with Crippen molar-refractivity contribution in [2.45, 2.75) is 51.9 Å². The fourth-order valence-corrected chi connectivity index (χ4v) is 4.53. The Bertz CT molecular complexity index is 1100. The van der Waals surface area contributed by atoms with E-state index in [9.17, 15) is 4.79 Å². The Labute approximate surface area is 175 Å². The first-order valence-electron chi connectivity index (χ1n) is 10.3. The van der Waals surface area contributed by atoms with Crippen molar-refractivity contribution in [3.63, 3.8) is 0 Å². The Morgan fingerprint density at radius 1 is 1.13 bits per heavy atom. The van der Waals surface area contributed by atoms with Crippen molar-refractivity contribution in [2.24, 2.45) is 0 Å². The third kappa shape index (κ3) is 3.07. The maximum absolute atomic E-state index is 13.1. The van der Waals surface area contributed by atoms with Crippen molar-refractivity contribution in [3.8, 4) is 5.75 Å². The van der Waals surface area contributed by atoms with E-state index in [-0.39, 0.29) is 18.2 Å². The molecule has 2 aromatic carbocycles. The van der Waals surface area contributed by atoms with Crippen molar-refractivity contribution >= 4 is 16.9 Å². The normalized spacial score (nSPS) is 21.4. The van der Waals surface area contributed by atoms with Crippen LogP contribution in [0.15, 0.2) is 48.5 Å². The highest BCUT2D eigenvalue weighted by atomic mass is 16.8. The summed E-state index contributed by atoms with van der Waals surface area (Å²) in [5, 5.41) is 0.772. The van der Waals surface area contributed by atoms with Crippen LogP contribution in [0.5, 0.6) is 5.75 Å². The molecule has 0 aliphatic carbocycles. The van der Waals surface area contributed by atoms with Crippen LogP contribution >= 0.6 is 0 Å². The van der Waals surface area contributed by atoms with Gasteiger partial charge in [0.15, 0.2) is 5.79 Å². The Balaban J connectivity index is 1.62. The molecule has 0 saturated carbocycles. The number of nitrogens with zero attached hydrogens (tertiary/aromatic N) is 1. The fourth-order valence-electron chi connectivity index (χ4n) is 4.53. The molecule has 2 aliphatic rings. The second-order valence-electron chi connectivity index (χ2n) is 8.11. The van der Waals surface area contributed by atoms with Gasteiger partial charge in [0.05, 0.1) is 35.3 Å². The first-order chi connectivity index (χ1) is 14.5. The van der Waals surface area contributed by atoms with Crippen LogP contribution in [0.3, 0.4) is 0 Å². The van der Waals surface area contributed by atoms with Gasteiger partial charge in [-0.25, -0.2) is 4.79 Å². The van der Waals surface area contributed by atoms with Gasteiger partial charge in [-0.05, 0) is 38.5 Å². The van der Waals surface area contributed by atoms with E-state index < -0.39 is 5.79 Å². The van der Waals surface area contributed by atoms with E-state index in [1.165, 1.54) is 0 Å². The van der Waals surface area contributed by atoms with Crippen LogP contribution in [-0.4, -0.2) is 29.0 Å². The number of rotatable bonds is 5. The van der Waals surface area contributed by atoms with E-state index in [1.807, 2.05) is 69.3 Å². The molecule has 0 unspecified atom stereocenters. The predicted molar refractivity (Wildman–Crippen MR) is 111 cm³/mol. The van der Waals surface area contributed by atoms with Crippen LogP contribution in [0.25, 0.3) is 10.9 Å². The third-order valence-corrected chi connectivity index (χ3v) is 5.62. The van der Waals surface area contributed by atoms with Gasteiger partial charge >= 0.3 is 5.97 Å². The van der Waals surface area contributed by atoms with E-state index >= 15 is 0 Å². The van der Waals surface area contributed by atoms with Crippen molar-refractivity contribution in [2.75, 3.05) is 6.61 Å². The largest absolute Gasteiger partial charge is 0.488 e. The Hall–Kier alpha value is -2.83. The van der Waals surface area contributed by atoms with E-state index in [0.717, 1.165) is 22.2 Å². The molecule has 0 N–H and O–H groups in total. The molecule has 1 fully saturated rings. The Morgan fingerprint density at radius 3 is 2.70 bits per heavy atom. The summed E-state index contributed by atoms with van der Waals surface area (Å²) in [6, 6.07) is 15.8. The van der Waals surface area contributed by atoms with Gasteiger partial charge < -0.3 is 23.5 Å². The van der Waals surface area contributed by atoms with Gasteiger partial charge in [-0.3, -0.25) is 0 Å². The summed E-state index contributed by atoms with van der Waals surface area (Å²) in [6.07, 6.45) is -0.435. The second-order valence-corrected chi connectivity index (χ2v) is 8.11. The lowest BCUT2D eigenvalue weighted by Crippen LogP contribution is -2.23. The highest BCUT2D eigenvalue weighted by Crippen LogP contribution is 2.49. The van der Waals surface area contributed by atoms with E-state index in [4.69, 9.17) is 18.9 Å². The van der Waals surface area contributed by atoms with Gasteiger partial charge in [0.25, 0.3) is 0 Å². The molecular weight excluding hydrogens is 382 g/mol. The molecule has 2 aliphatic heterocycles. The van der Waals surface area contributed by atoms with Crippen molar-refractivity contribution in [3.05, 3.63) is 65.4 Å². The van der Waals surface area contributed by atoms with E-state index in [0.29, 0.717) is 31.1 Å². The predicted octanol–water partition coefficient (Wildman–Crippen LogP) is 4.60. The summed E-state index contributed by atoms with van der Waals surface area (Å²) < 4.78 is 26.0. The summed E-state index contributed by atoms with van der Waals surface area (Å²) in [4.78, 5) is 13.1. The van der Waals surface area contributed by atoms with Gasteiger partial charge in [0.1, 0.15) is 24.6 Å². The average Bonchev–Trinajstić information content (AvgIpc) is 3.32. The zero-order valence-corrected chi connectivity index (χ0v) is 17.4. The molecule has 30 heavy (non-hydrogen) atoms. The minimum atomic E-state index is -0.685. The molecule has 1 aromatic heterocycles. The molecule has 0 bridgehead atoms. The quantitative estimate of drug-likeness (QED) is 0.579. The smallest absolute Gasteiger partial charge is 0.340 e. The Morgan fingerprint density at radius 2 is 1.93 bits per heavy atom. The summed E-state index contributed by atoms with van der Waals surface area (Å²) in [5.41, 5.74) is 3.32.